The van der Waals surface area contributed by atoms with Crippen molar-refractivity contribution in [3.05, 3.63) is 92.3 Å². The van der Waals surface area contributed by atoms with Crippen molar-refractivity contribution in [2.45, 2.75) is 20.5 Å². The van der Waals surface area contributed by atoms with Crippen molar-refractivity contribution in [3.63, 3.8) is 0 Å². The average molecular weight is 448 g/mol. The maximum absolute atomic E-state index is 12.7. The Morgan fingerprint density at radius 2 is 1.84 bits per heavy atom. The Kier molecular flexibility index (Phi) is 6.13. The molecule has 0 aliphatic rings. The molecule has 0 saturated carbocycles. The molecule has 32 heavy (non-hydrogen) atoms. The van der Waals surface area contributed by atoms with Crippen LogP contribution < -0.4 is 10.3 Å². The first-order valence-electron chi connectivity index (χ1n) is 9.88. The van der Waals surface area contributed by atoms with E-state index in [1.165, 1.54) is 29.5 Å². The van der Waals surface area contributed by atoms with Crippen molar-refractivity contribution in [1.82, 2.24) is 9.66 Å². The van der Waals surface area contributed by atoms with Crippen LogP contribution in [0.5, 0.6) is 5.75 Å². The van der Waals surface area contributed by atoms with Gasteiger partial charge in [-0.05, 0) is 66.9 Å². The van der Waals surface area contributed by atoms with E-state index in [0.717, 1.165) is 26.4 Å². The van der Waals surface area contributed by atoms with Gasteiger partial charge < -0.3 is 9.47 Å². The number of benzene rings is 2. The number of nitrogens with zero attached hydrogens (tertiary/aromatic N) is 3. The third kappa shape index (κ3) is 4.45. The molecule has 4 rings (SSSR count). The lowest BCUT2D eigenvalue weighted by Crippen LogP contribution is -2.16. The minimum atomic E-state index is -0.367. The van der Waals surface area contributed by atoms with Gasteiger partial charge in [-0.15, -0.1) is 11.3 Å². The normalized spacial score (nSPS) is 11.2. The Labute approximate surface area is 188 Å². The molecule has 2 heterocycles. The number of esters is 1. The minimum Gasteiger partial charge on any atom is -0.489 e. The molecule has 0 atom stereocenters. The van der Waals surface area contributed by atoms with Gasteiger partial charge in [-0.3, -0.25) is 4.79 Å². The van der Waals surface area contributed by atoms with Crippen molar-refractivity contribution in [2.75, 3.05) is 7.11 Å². The van der Waals surface area contributed by atoms with E-state index in [0.29, 0.717) is 23.3 Å². The van der Waals surface area contributed by atoms with E-state index in [1.54, 1.807) is 18.3 Å². The number of aromatic nitrogens is 2. The van der Waals surface area contributed by atoms with E-state index in [9.17, 15) is 9.59 Å². The summed E-state index contributed by atoms with van der Waals surface area (Å²) in [6.45, 7) is 4.28. The number of aryl methyl sites for hydroxylation is 2. The van der Waals surface area contributed by atoms with Gasteiger partial charge in [-0.25, -0.2) is 9.78 Å². The molecule has 2 aromatic heterocycles. The molecule has 0 aliphatic heterocycles. The summed E-state index contributed by atoms with van der Waals surface area (Å²) in [5.41, 5.74) is 3.03. The van der Waals surface area contributed by atoms with E-state index in [-0.39, 0.29) is 11.5 Å². The van der Waals surface area contributed by atoms with Gasteiger partial charge in [0.05, 0.1) is 24.3 Å². The molecule has 0 aliphatic carbocycles. The SMILES string of the molecule is COC(=O)c1ccc(COc2ccc(/C=N/n3cnc4sc(C)c(C)c4c3=O)cc2)cc1. The number of carbonyl (C=O) groups excluding carboxylic acids is 1. The number of carbonyl (C=O) groups is 1. The summed E-state index contributed by atoms with van der Waals surface area (Å²) in [7, 11) is 1.35. The van der Waals surface area contributed by atoms with Gasteiger partial charge in [0.15, 0.2) is 0 Å². The molecular formula is C24H21N3O4S. The second kappa shape index (κ2) is 9.15. The van der Waals surface area contributed by atoms with Crippen LogP contribution >= 0.6 is 11.3 Å². The fourth-order valence-electron chi connectivity index (χ4n) is 3.11. The third-order valence-electron chi connectivity index (χ3n) is 5.06. The van der Waals surface area contributed by atoms with Crippen LogP contribution in [-0.2, 0) is 11.3 Å². The van der Waals surface area contributed by atoms with Crippen LogP contribution in [0.25, 0.3) is 10.2 Å². The standard InChI is InChI=1S/C24H21N3O4S/c1-15-16(2)32-22-21(15)23(28)27(14-25-22)26-12-17-6-10-20(11-7-17)31-13-18-4-8-19(9-5-18)24(29)30-3/h4-12,14H,13H2,1-3H3/b26-12+. The molecule has 7 nitrogen and oxygen atoms in total. The summed E-state index contributed by atoms with van der Waals surface area (Å²) >= 11 is 1.51. The monoisotopic (exact) mass is 447 g/mol. The predicted octanol–water partition coefficient (Wildman–Crippen LogP) is 4.32. The zero-order valence-corrected chi connectivity index (χ0v) is 18.7. The van der Waals surface area contributed by atoms with Crippen LogP contribution in [-0.4, -0.2) is 29.0 Å². The highest BCUT2D eigenvalue weighted by Gasteiger charge is 2.11. The molecule has 0 bridgehead atoms. The van der Waals surface area contributed by atoms with E-state index < -0.39 is 0 Å². The molecule has 0 fully saturated rings. The van der Waals surface area contributed by atoms with Crippen molar-refractivity contribution in [3.8, 4) is 5.75 Å². The van der Waals surface area contributed by atoms with Gasteiger partial charge in [0.25, 0.3) is 5.56 Å². The number of thiophene rings is 1. The number of hydrogen-bond donors (Lipinski definition) is 0. The number of fused-ring (bicyclic) bond motifs is 1. The topological polar surface area (TPSA) is 82.8 Å². The molecule has 162 valence electrons. The molecular weight excluding hydrogens is 426 g/mol. The van der Waals surface area contributed by atoms with Crippen LogP contribution in [0.2, 0.25) is 0 Å². The van der Waals surface area contributed by atoms with Gasteiger partial charge >= 0.3 is 5.97 Å². The van der Waals surface area contributed by atoms with Crippen molar-refractivity contribution < 1.29 is 14.3 Å². The predicted molar refractivity (Wildman–Crippen MR) is 125 cm³/mol. The summed E-state index contributed by atoms with van der Waals surface area (Å²) in [6.07, 6.45) is 3.05. The highest BCUT2D eigenvalue weighted by molar-refractivity contribution is 7.18. The van der Waals surface area contributed by atoms with Crippen molar-refractivity contribution >= 4 is 33.7 Å². The molecule has 0 unspecified atom stereocenters. The number of ether oxygens (including phenoxy) is 2. The van der Waals surface area contributed by atoms with Crippen LogP contribution in [0, 0.1) is 13.8 Å². The molecule has 2 aromatic carbocycles. The Hall–Kier alpha value is -3.78. The average Bonchev–Trinajstić information content (AvgIpc) is 3.11. The largest absolute Gasteiger partial charge is 0.489 e. The molecule has 0 spiro atoms. The van der Waals surface area contributed by atoms with Crippen LogP contribution in [0.3, 0.4) is 0 Å². The molecule has 8 heteroatoms. The van der Waals surface area contributed by atoms with E-state index in [4.69, 9.17) is 9.47 Å². The van der Waals surface area contributed by atoms with E-state index in [1.807, 2.05) is 50.2 Å². The van der Waals surface area contributed by atoms with Crippen LogP contribution in [0.1, 0.15) is 31.9 Å². The van der Waals surface area contributed by atoms with Gasteiger partial charge in [-0.1, -0.05) is 12.1 Å². The summed E-state index contributed by atoms with van der Waals surface area (Å²) in [5, 5.41) is 4.89. The zero-order valence-electron chi connectivity index (χ0n) is 17.9. The Morgan fingerprint density at radius 1 is 1.12 bits per heavy atom. The molecule has 0 radical (unpaired) electrons. The summed E-state index contributed by atoms with van der Waals surface area (Å²) in [4.78, 5) is 30.4. The maximum Gasteiger partial charge on any atom is 0.337 e. The zero-order chi connectivity index (χ0) is 22.7. The third-order valence-corrected chi connectivity index (χ3v) is 6.18. The Bertz CT molecular complexity index is 1350. The van der Waals surface area contributed by atoms with Crippen molar-refractivity contribution in [1.29, 1.82) is 0 Å². The first-order valence-corrected chi connectivity index (χ1v) is 10.7. The molecule has 0 amide bonds. The molecule has 0 N–H and O–H groups in total. The van der Waals surface area contributed by atoms with Crippen molar-refractivity contribution in [2.24, 2.45) is 5.10 Å². The highest BCUT2D eigenvalue weighted by Crippen LogP contribution is 2.25. The Morgan fingerprint density at radius 3 is 2.53 bits per heavy atom. The quantitative estimate of drug-likeness (QED) is 0.325. The summed E-state index contributed by atoms with van der Waals surface area (Å²) < 4.78 is 11.7. The molecule has 4 aromatic rings. The smallest absolute Gasteiger partial charge is 0.337 e. The minimum absolute atomic E-state index is 0.175. The lowest BCUT2D eigenvalue weighted by Gasteiger charge is -2.07. The lowest BCUT2D eigenvalue weighted by molar-refractivity contribution is 0.0600. The number of hydrogen-bond acceptors (Lipinski definition) is 7. The fraction of sp³-hybridized carbons (Fsp3) is 0.167. The van der Waals surface area contributed by atoms with Crippen LogP contribution in [0.15, 0.2) is 64.8 Å². The van der Waals surface area contributed by atoms with E-state index in [2.05, 4.69) is 10.1 Å². The maximum atomic E-state index is 12.7. The fourth-order valence-corrected chi connectivity index (χ4v) is 4.10. The highest BCUT2D eigenvalue weighted by atomic mass is 32.1. The first-order chi connectivity index (χ1) is 15.5. The number of methoxy groups -OCH3 is 1. The lowest BCUT2D eigenvalue weighted by atomic mass is 10.1. The number of rotatable bonds is 6. The van der Waals surface area contributed by atoms with Crippen LogP contribution in [0.4, 0.5) is 0 Å². The van der Waals surface area contributed by atoms with Gasteiger partial charge in [0.1, 0.15) is 23.5 Å². The van der Waals surface area contributed by atoms with Gasteiger partial charge in [0.2, 0.25) is 0 Å². The Balaban J connectivity index is 1.42. The summed E-state index contributed by atoms with van der Waals surface area (Å²) in [5.74, 6) is 0.331. The second-order valence-electron chi connectivity index (χ2n) is 7.15. The van der Waals surface area contributed by atoms with E-state index >= 15 is 0 Å². The second-order valence-corrected chi connectivity index (χ2v) is 8.35. The molecule has 0 saturated heterocycles. The first kappa shape index (κ1) is 21.5. The van der Waals surface area contributed by atoms with Gasteiger partial charge in [0, 0.05) is 4.88 Å². The summed E-state index contributed by atoms with van der Waals surface area (Å²) in [6, 6.07) is 14.4. The van der Waals surface area contributed by atoms with Gasteiger partial charge in [-0.2, -0.15) is 9.78 Å².